The summed E-state index contributed by atoms with van der Waals surface area (Å²) >= 11 is 0. The highest BCUT2D eigenvalue weighted by atomic mass is 14.6. The van der Waals surface area contributed by atoms with Crippen LogP contribution in [0.2, 0.25) is 0 Å². The average molecular weight is 149 g/mol. The Morgan fingerprint density at radius 2 is 2.27 bits per heavy atom. The second-order valence-electron chi connectivity index (χ2n) is 4.67. The smallest absolute Gasteiger partial charge is 0.00614 e. The molecule has 3 aliphatic rings. The predicted molar refractivity (Wildman–Crippen MR) is 48.1 cm³/mol. The molecule has 0 saturated heterocycles. The summed E-state index contributed by atoms with van der Waals surface area (Å²) in [7, 11) is 0. The summed E-state index contributed by atoms with van der Waals surface area (Å²) in [5.41, 5.74) is 0.999. The van der Waals surface area contributed by atoms with Gasteiger partial charge in [-0.05, 0) is 36.0 Å². The highest BCUT2D eigenvalue weighted by Gasteiger charge is 2.57. The van der Waals surface area contributed by atoms with E-state index >= 15 is 0 Å². The lowest BCUT2D eigenvalue weighted by Gasteiger charge is -2.63. The third-order valence-electron chi connectivity index (χ3n) is 4.22. The van der Waals surface area contributed by atoms with Gasteiger partial charge in [-0.3, -0.25) is 0 Å². The fraction of sp³-hybridized carbons (Fsp3) is 0.727. The topological polar surface area (TPSA) is 0 Å². The third kappa shape index (κ3) is 0.660. The predicted octanol–water partition coefficient (Wildman–Crippen LogP) is 3.20. The number of fused-ring (bicyclic) bond motifs is 1. The first-order valence-corrected chi connectivity index (χ1v) is 4.59. The van der Waals surface area contributed by atoms with Crippen LogP contribution in [-0.2, 0) is 0 Å². The molecule has 11 heavy (non-hydrogen) atoms. The Hall–Kier alpha value is -0.260. The van der Waals surface area contributed by atoms with Crippen molar-refractivity contribution in [2.75, 3.05) is 0 Å². The molecule has 0 nitrogen and oxygen atoms in total. The summed E-state index contributed by atoms with van der Waals surface area (Å²) in [4.78, 5) is 0. The van der Waals surface area contributed by atoms with E-state index in [0.717, 1.165) is 12.3 Å². The summed E-state index contributed by atoms with van der Waals surface area (Å²) in [5.74, 6) is 0.939. The molecular weight excluding hydrogens is 132 g/mol. The molecule has 0 heteroatoms. The lowest BCUT2D eigenvalue weighted by Crippen LogP contribution is -2.55. The van der Waals surface area contributed by atoms with Gasteiger partial charge in [0.15, 0.2) is 0 Å². The van der Waals surface area contributed by atoms with Crippen molar-refractivity contribution in [1.29, 1.82) is 0 Å². The Kier molecular flexibility index (Phi) is 1.28. The number of hydrogen-bond donors (Lipinski definition) is 0. The molecular formula is C11H17. The van der Waals surface area contributed by atoms with Gasteiger partial charge in [0.2, 0.25) is 0 Å². The third-order valence-corrected chi connectivity index (χ3v) is 4.22. The van der Waals surface area contributed by atoms with Crippen LogP contribution in [-0.4, -0.2) is 0 Å². The zero-order valence-electron chi connectivity index (χ0n) is 7.56. The van der Waals surface area contributed by atoms with Crippen LogP contribution in [0, 0.1) is 23.7 Å². The summed E-state index contributed by atoms with van der Waals surface area (Å²) in [6, 6.07) is 0. The Labute approximate surface area is 69.7 Å². The molecule has 0 aromatic rings. The van der Waals surface area contributed by atoms with Crippen molar-refractivity contribution in [1.82, 2.24) is 0 Å². The van der Waals surface area contributed by atoms with Crippen LogP contribution in [0.25, 0.3) is 0 Å². The Balaban J connectivity index is 2.34. The van der Waals surface area contributed by atoms with Crippen molar-refractivity contribution >= 4 is 0 Å². The number of rotatable bonds is 1. The van der Waals surface area contributed by atoms with Crippen molar-refractivity contribution < 1.29 is 0 Å². The summed E-state index contributed by atoms with van der Waals surface area (Å²) < 4.78 is 0. The molecule has 0 aromatic carbocycles. The molecule has 1 fully saturated rings. The molecule has 2 unspecified atom stereocenters. The maximum absolute atomic E-state index is 4.06. The number of hydrogen-bond acceptors (Lipinski definition) is 0. The second kappa shape index (κ2) is 1.91. The zero-order valence-corrected chi connectivity index (χ0v) is 7.56. The fourth-order valence-corrected chi connectivity index (χ4v) is 2.86. The fourth-order valence-electron chi connectivity index (χ4n) is 2.86. The van der Waals surface area contributed by atoms with Crippen molar-refractivity contribution in [3.63, 3.8) is 0 Å². The standard InChI is InChI=1S/C11H17/c1-4-11-7-5-6-9(8-11)10(11,2)3/h5,7,9H,1,4,6,8H2,2-3H3. The van der Waals surface area contributed by atoms with Crippen LogP contribution >= 0.6 is 0 Å². The summed E-state index contributed by atoms with van der Waals surface area (Å²) in [6.45, 7) is 8.86. The monoisotopic (exact) mass is 149 g/mol. The molecule has 1 saturated carbocycles. The minimum absolute atomic E-state index is 0.468. The quantitative estimate of drug-likeness (QED) is 0.502. The van der Waals surface area contributed by atoms with Gasteiger partial charge in [0.1, 0.15) is 0 Å². The van der Waals surface area contributed by atoms with Gasteiger partial charge < -0.3 is 0 Å². The van der Waals surface area contributed by atoms with Crippen LogP contribution in [0.3, 0.4) is 0 Å². The van der Waals surface area contributed by atoms with Gasteiger partial charge in [0.05, 0.1) is 0 Å². The molecule has 0 aliphatic heterocycles. The molecule has 0 heterocycles. The summed E-state index contributed by atoms with van der Waals surface area (Å²) in [6.07, 6.45) is 8.53. The molecule has 3 aliphatic carbocycles. The lowest BCUT2D eigenvalue weighted by molar-refractivity contribution is -0.0907. The maximum atomic E-state index is 4.06. The molecule has 61 valence electrons. The van der Waals surface area contributed by atoms with Crippen molar-refractivity contribution in [2.45, 2.75) is 33.1 Å². The van der Waals surface area contributed by atoms with Gasteiger partial charge in [0.25, 0.3) is 0 Å². The number of allylic oxidation sites excluding steroid dienone is 2. The molecule has 2 atom stereocenters. The van der Waals surface area contributed by atoms with Crippen LogP contribution in [0.1, 0.15) is 33.1 Å². The van der Waals surface area contributed by atoms with Crippen LogP contribution in [0.5, 0.6) is 0 Å². The zero-order chi connectivity index (χ0) is 8.11. The first kappa shape index (κ1) is 7.39. The first-order chi connectivity index (χ1) is 5.12. The maximum Gasteiger partial charge on any atom is -0.00614 e. The second-order valence-corrected chi connectivity index (χ2v) is 4.67. The SMILES string of the molecule is [CH2]CC12C=CCC(C1)C2(C)C. The molecule has 0 amide bonds. The van der Waals surface area contributed by atoms with Gasteiger partial charge >= 0.3 is 0 Å². The molecule has 0 spiro atoms. The molecule has 2 bridgehead atoms. The van der Waals surface area contributed by atoms with Crippen LogP contribution in [0.15, 0.2) is 12.2 Å². The van der Waals surface area contributed by atoms with Gasteiger partial charge in [-0.1, -0.05) is 32.9 Å². The van der Waals surface area contributed by atoms with E-state index in [0.29, 0.717) is 10.8 Å². The van der Waals surface area contributed by atoms with E-state index in [1.165, 1.54) is 12.8 Å². The van der Waals surface area contributed by atoms with E-state index in [1.54, 1.807) is 0 Å². The summed E-state index contributed by atoms with van der Waals surface area (Å²) in [5, 5.41) is 0. The van der Waals surface area contributed by atoms with E-state index in [2.05, 4.69) is 32.9 Å². The Morgan fingerprint density at radius 3 is 2.64 bits per heavy atom. The van der Waals surface area contributed by atoms with E-state index in [4.69, 9.17) is 0 Å². The van der Waals surface area contributed by atoms with Gasteiger partial charge in [-0.15, -0.1) is 0 Å². The normalized spacial score (nSPS) is 45.2. The minimum Gasteiger partial charge on any atom is -0.0877 e. The van der Waals surface area contributed by atoms with Gasteiger partial charge in [0, 0.05) is 0 Å². The van der Waals surface area contributed by atoms with Gasteiger partial charge in [-0.25, -0.2) is 0 Å². The average Bonchev–Trinajstić information content (AvgIpc) is 2.04. The van der Waals surface area contributed by atoms with E-state index in [9.17, 15) is 0 Å². The molecule has 3 rings (SSSR count). The first-order valence-electron chi connectivity index (χ1n) is 4.59. The van der Waals surface area contributed by atoms with Gasteiger partial charge in [-0.2, -0.15) is 0 Å². The highest BCUT2D eigenvalue weighted by molar-refractivity contribution is 5.22. The van der Waals surface area contributed by atoms with Crippen molar-refractivity contribution in [3.8, 4) is 0 Å². The largest absolute Gasteiger partial charge is 0.0877 e. The van der Waals surface area contributed by atoms with E-state index in [-0.39, 0.29) is 0 Å². The Bertz CT molecular complexity index is 200. The van der Waals surface area contributed by atoms with Crippen LogP contribution in [0.4, 0.5) is 0 Å². The van der Waals surface area contributed by atoms with E-state index in [1.807, 2.05) is 0 Å². The molecule has 1 radical (unpaired) electrons. The Morgan fingerprint density at radius 1 is 1.55 bits per heavy atom. The van der Waals surface area contributed by atoms with E-state index < -0.39 is 0 Å². The lowest BCUT2D eigenvalue weighted by atomic mass is 9.41. The molecule has 0 aromatic heterocycles. The minimum atomic E-state index is 0.468. The highest BCUT2D eigenvalue weighted by Crippen LogP contribution is 2.66. The molecule has 0 N–H and O–H groups in total. The van der Waals surface area contributed by atoms with Crippen molar-refractivity contribution in [3.05, 3.63) is 19.1 Å². The van der Waals surface area contributed by atoms with Crippen LogP contribution < -0.4 is 0 Å². The van der Waals surface area contributed by atoms with Crippen molar-refractivity contribution in [2.24, 2.45) is 16.7 Å².